The molecule has 1 rings (SSSR count). The first-order valence-corrected chi connectivity index (χ1v) is 5.55. The Balaban J connectivity index is 2.56. The lowest BCUT2D eigenvalue weighted by Gasteiger charge is -2.25. The smallest absolute Gasteiger partial charge is 0.337 e. The Morgan fingerprint density at radius 3 is 2.61 bits per heavy atom. The minimum atomic E-state index is -2.04. The topological polar surface area (TPSA) is 133 Å². The summed E-state index contributed by atoms with van der Waals surface area (Å²) in [6.07, 6.45) is 1.16. The van der Waals surface area contributed by atoms with E-state index in [4.69, 9.17) is 10.8 Å². The maximum atomic E-state index is 11.7. The van der Waals surface area contributed by atoms with E-state index in [1.807, 2.05) is 0 Å². The van der Waals surface area contributed by atoms with Gasteiger partial charge in [0.05, 0.1) is 6.54 Å². The minimum Gasteiger partial charge on any atom is -0.479 e. The van der Waals surface area contributed by atoms with Crippen molar-refractivity contribution in [2.75, 3.05) is 13.1 Å². The van der Waals surface area contributed by atoms with Gasteiger partial charge in [-0.2, -0.15) is 0 Å². The molecule has 3 amide bonds. The van der Waals surface area contributed by atoms with E-state index in [1.54, 1.807) is 0 Å². The molecule has 1 fully saturated rings. The minimum absolute atomic E-state index is 0.384. The van der Waals surface area contributed by atoms with Gasteiger partial charge in [0, 0.05) is 6.54 Å². The highest BCUT2D eigenvalue weighted by Gasteiger charge is 2.35. The second-order valence-corrected chi connectivity index (χ2v) is 4.49. The van der Waals surface area contributed by atoms with E-state index in [1.165, 1.54) is 4.90 Å². The zero-order valence-corrected chi connectivity index (χ0v) is 10.0. The van der Waals surface area contributed by atoms with Crippen LogP contribution in [0, 0.1) is 0 Å². The van der Waals surface area contributed by atoms with Crippen molar-refractivity contribution in [2.24, 2.45) is 5.73 Å². The molecule has 0 aromatic carbocycles. The molecule has 2 atom stereocenters. The Labute approximate surface area is 104 Å². The fourth-order valence-corrected chi connectivity index (χ4v) is 1.73. The molecule has 1 heterocycles. The number of rotatable bonds is 4. The van der Waals surface area contributed by atoms with Gasteiger partial charge in [-0.1, -0.05) is 0 Å². The van der Waals surface area contributed by atoms with Crippen LogP contribution in [0.1, 0.15) is 19.8 Å². The molecule has 0 spiro atoms. The number of primary amides is 1. The van der Waals surface area contributed by atoms with Crippen LogP contribution in [0.2, 0.25) is 0 Å². The van der Waals surface area contributed by atoms with Crippen LogP contribution in [0.5, 0.6) is 0 Å². The van der Waals surface area contributed by atoms with Crippen molar-refractivity contribution >= 4 is 17.9 Å². The number of urea groups is 1. The van der Waals surface area contributed by atoms with Crippen molar-refractivity contribution in [3.63, 3.8) is 0 Å². The Morgan fingerprint density at radius 1 is 1.50 bits per heavy atom. The fourth-order valence-electron chi connectivity index (χ4n) is 1.73. The third kappa shape index (κ3) is 3.10. The van der Waals surface area contributed by atoms with E-state index in [0.717, 1.165) is 6.92 Å². The molecule has 0 saturated carbocycles. The summed E-state index contributed by atoms with van der Waals surface area (Å²) >= 11 is 0. The van der Waals surface area contributed by atoms with E-state index in [-0.39, 0.29) is 0 Å². The zero-order chi connectivity index (χ0) is 13.9. The third-order valence-corrected chi connectivity index (χ3v) is 2.89. The van der Waals surface area contributed by atoms with Crippen LogP contribution in [0.4, 0.5) is 4.79 Å². The van der Waals surface area contributed by atoms with Crippen LogP contribution in [0.25, 0.3) is 0 Å². The van der Waals surface area contributed by atoms with Gasteiger partial charge < -0.3 is 26.2 Å². The molecule has 1 saturated heterocycles. The number of likely N-dealkylation sites (tertiary alicyclic amines) is 1. The molecule has 102 valence electrons. The number of carboxylic acid groups (broad SMARTS) is 1. The zero-order valence-electron chi connectivity index (χ0n) is 10.0. The SMILES string of the molecule is CC(O)(CNC(=O)N1CCCC1C(N)=O)C(=O)O. The number of hydrogen-bond acceptors (Lipinski definition) is 4. The van der Waals surface area contributed by atoms with E-state index in [0.29, 0.717) is 19.4 Å². The predicted molar refractivity (Wildman–Crippen MR) is 60.6 cm³/mol. The molecular weight excluding hydrogens is 242 g/mol. The summed E-state index contributed by atoms with van der Waals surface area (Å²) in [7, 11) is 0. The Bertz CT molecular complexity index is 369. The number of nitrogens with two attached hydrogens (primary N) is 1. The third-order valence-electron chi connectivity index (χ3n) is 2.89. The molecule has 5 N–H and O–H groups in total. The highest BCUT2D eigenvalue weighted by atomic mass is 16.4. The fraction of sp³-hybridized carbons (Fsp3) is 0.700. The van der Waals surface area contributed by atoms with Crippen molar-refractivity contribution in [3.8, 4) is 0 Å². The Kier molecular flexibility index (Phi) is 4.12. The number of nitrogens with zero attached hydrogens (tertiary/aromatic N) is 1. The normalized spacial score (nSPS) is 22.3. The second-order valence-electron chi connectivity index (χ2n) is 4.49. The number of carboxylic acids is 1. The maximum Gasteiger partial charge on any atom is 0.337 e. The number of carbonyl (C=O) groups excluding carboxylic acids is 2. The molecule has 2 unspecified atom stereocenters. The summed E-state index contributed by atoms with van der Waals surface area (Å²) < 4.78 is 0. The Hall–Kier alpha value is -1.83. The van der Waals surface area contributed by atoms with E-state index in [2.05, 4.69) is 5.32 Å². The first kappa shape index (κ1) is 14.2. The molecule has 0 radical (unpaired) electrons. The lowest BCUT2D eigenvalue weighted by atomic mass is 10.1. The van der Waals surface area contributed by atoms with E-state index in [9.17, 15) is 19.5 Å². The Morgan fingerprint density at radius 2 is 2.11 bits per heavy atom. The summed E-state index contributed by atoms with van der Waals surface area (Å²) in [6.45, 7) is 1.02. The first-order valence-electron chi connectivity index (χ1n) is 5.55. The van der Waals surface area contributed by atoms with Crippen LogP contribution >= 0.6 is 0 Å². The van der Waals surface area contributed by atoms with Crippen molar-refractivity contribution < 1.29 is 24.6 Å². The van der Waals surface area contributed by atoms with Crippen LogP contribution in [-0.2, 0) is 9.59 Å². The van der Waals surface area contributed by atoms with Crippen LogP contribution in [-0.4, -0.2) is 57.8 Å². The van der Waals surface area contributed by atoms with Gasteiger partial charge in [-0.25, -0.2) is 9.59 Å². The predicted octanol–water partition coefficient (Wildman–Crippen LogP) is -1.52. The first-order chi connectivity index (χ1) is 8.25. The van der Waals surface area contributed by atoms with Crippen molar-refractivity contribution in [2.45, 2.75) is 31.4 Å². The molecule has 1 aliphatic heterocycles. The summed E-state index contributed by atoms with van der Waals surface area (Å²) in [6, 6.07) is -1.27. The number of carbonyl (C=O) groups is 3. The summed E-state index contributed by atoms with van der Waals surface area (Å²) in [5, 5.41) is 20.4. The van der Waals surface area contributed by atoms with Gasteiger partial charge >= 0.3 is 12.0 Å². The lowest BCUT2D eigenvalue weighted by Crippen LogP contribution is -2.53. The van der Waals surface area contributed by atoms with Gasteiger partial charge in [0.2, 0.25) is 5.91 Å². The summed E-state index contributed by atoms with van der Waals surface area (Å²) in [5.41, 5.74) is 3.11. The van der Waals surface area contributed by atoms with Crippen LogP contribution in [0.3, 0.4) is 0 Å². The maximum absolute atomic E-state index is 11.7. The van der Waals surface area contributed by atoms with Gasteiger partial charge in [-0.3, -0.25) is 4.79 Å². The summed E-state index contributed by atoms with van der Waals surface area (Å²) in [4.78, 5) is 34.7. The number of nitrogens with one attached hydrogen (secondary N) is 1. The number of hydrogen-bond donors (Lipinski definition) is 4. The highest BCUT2D eigenvalue weighted by molar-refractivity contribution is 5.87. The average molecular weight is 259 g/mol. The van der Waals surface area contributed by atoms with Gasteiger partial charge in [0.1, 0.15) is 6.04 Å². The monoisotopic (exact) mass is 259 g/mol. The highest BCUT2D eigenvalue weighted by Crippen LogP contribution is 2.16. The van der Waals surface area contributed by atoms with E-state index < -0.39 is 36.1 Å². The van der Waals surface area contributed by atoms with Gasteiger partial charge in [0.25, 0.3) is 0 Å². The number of aliphatic carboxylic acids is 1. The van der Waals surface area contributed by atoms with Crippen molar-refractivity contribution in [3.05, 3.63) is 0 Å². The number of aliphatic hydroxyl groups is 1. The quantitative estimate of drug-likeness (QED) is 0.486. The van der Waals surface area contributed by atoms with Gasteiger partial charge in [-0.05, 0) is 19.8 Å². The molecule has 8 nitrogen and oxygen atoms in total. The van der Waals surface area contributed by atoms with Crippen LogP contribution < -0.4 is 11.1 Å². The summed E-state index contributed by atoms with van der Waals surface area (Å²) in [5.74, 6) is -2.02. The molecular formula is C10H17N3O5. The molecule has 18 heavy (non-hydrogen) atoms. The largest absolute Gasteiger partial charge is 0.479 e. The average Bonchev–Trinajstić information content (AvgIpc) is 2.74. The molecule has 0 aromatic heterocycles. The van der Waals surface area contributed by atoms with Crippen molar-refractivity contribution in [1.82, 2.24) is 10.2 Å². The van der Waals surface area contributed by atoms with Crippen molar-refractivity contribution in [1.29, 1.82) is 0 Å². The molecule has 8 heteroatoms. The van der Waals surface area contributed by atoms with Gasteiger partial charge in [0.15, 0.2) is 5.60 Å². The van der Waals surface area contributed by atoms with E-state index >= 15 is 0 Å². The number of amides is 3. The lowest BCUT2D eigenvalue weighted by molar-refractivity contribution is -0.155. The standard InChI is InChI=1S/C10H17N3O5/c1-10(18,8(15)16)5-12-9(17)13-4-2-3-6(13)7(11)14/h6,18H,2-5H2,1H3,(H2,11,14)(H,12,17)(H,15,16). The molecule has 0 aromatic rings. The molecule has 0 aliphatic carbocycles. The second kappa shape index (κ2) is 5.21. The molecule has 0 bridgehead atoms. The van der Waals surface area contributed by atoms with Gasteiger partial charge in [-0.15, -0.1) is 0 Å². The molecule has 1 aliphatic rings. The van der Waals surface area contributed by atoms with Crippen LogP contribution in [0.15, 0.2) is 0 Å².